The maximum atomic E-state index is 14.4. The third-order valence-electron chi connectivity index (χ3n) is 5.01. The highest BCUT2D eigenvalue weighted by Gasteiger charge is 2.34. The fourth-order valence-electron chi connectivity index (χ4n) is 4.14. The van der Waals surface area contributed by atoms with Crippen LogP contribution in [0.1, 0.15) is 44.1 Å². The van der Waals surface area contributed by atoms with E-state index >= 15 is 0 Å². The minimum Gasteiger partial charge on any atom is -0.366 e. The van der Waals surface area contributed by atoms with Gasteiger partial charge >= 0.3 is 0 Å². The van der Waals surface area contributed by atoms with E-state index < -0.39 is 0 Å². The lowest BCUT2D eigenvalue weighted by atomic mass is 9.78. The van der Waals surface area contributed by atoms with Gasteiger partial charge in [0.05, 0.1) is 5.69 Å². The topological polar surface area (TPSA) is 29.3 Å². The molecule has 110 valence electrons. The van der Waals surface area contributed by atoms with Gasteiger partial charge in [-0.1, -0.05) is 25.0 Å². The van der Waals surface area contributed by atoms with Crippen molar-refractivity contribution in [1.82, 2.24) is 0 Å². The minimum absolute atomic E-state index is 0.0674. The number of nitrogens with zero attached hydrogens (tertiary/aromatic N) is 1. The van der Waals surface area contributed by atoms with Crippen LogP contribution in [0.15, 0.2) is 18.2 Å². The maximum absolute atomic E-state index is 14.4. The van der Waals surface area contributed by atoms with Gasteiger partial charge in [0.1, 0.15) is 5.82 Å². The summed E-state index contributed by atoms with van der Waals surface area (Å²) in [6, 6.07) is 6.00. The van der Waals surface area contributed by atoms with Gasteiger partial charge in [-0.2, -0.15) is 0 Å². The number of anilines is 1. The predicted molar refractivity (Wildman–Crippen MR) is 81.5 cm³/mol. The van der Waals surface area contributed by atoms with Crippen molar-refractivity contribution in [3.63, 3.8) is 0 Å². The zero-order valence-electron chi connectivity index (χ0n) is 12.2. The second-order valence-electron chi connectivity index (χ2n) is 6.23. The zero-order valence-corrected chi connectivity index (χ0v) is 12.2. The van der Waals surface area contributed by atoms with Crippen molar-refractivity contribution in [2.45, 2.75) is 51.0 Å². The lowest BCUT2D eigenvalue weighted by Gasteiger charge is -2.46. The molecule has 1 aliphatic carbocycles. The smallest absolute Gasteiger partial charge is 0.146 e. The Kier molecular flexibility index (Phi) is 4.25. The van der Waals surface area contributed by atoms with Crippen molar-refractivity contribution in [3.05, 3.63) is 29.6 Å². The summed E-state index contributed by atoms with van der Waals surface area (Å²) in [5.74, 6) is 0.699. The normalized spacial score (nSPS) is 26.4. The zero-order chi connectivity index (χ0) is 13.9. The van der Waals surface area contributed by atoms with Gasteiger partial charge in [-0.25, -0.2) is 4.39 Å². The second kappa shape index (κ2) is 6.13. The molecule has 0 aromatic heterocycles. The van der Waals surface area contributed by atoms with Gasteiger partial charge in [-0.15, -0.1) is 0 Å². The highest BCUT2D eigenvalue weighted by Crippen LogP contribution is 2.39. The van der Waals surface area contributed by atoms with Crippen molar-refractivity contribution in [2.75, 3.05) is 18.0 Å². The highest BCUT2D eigenvalue weighted by atomic mass is 19.1. The molecule has 3 heteroatoms. The quantitative estimate of drug-likeness (QED) is 0.915. The number of piperidine rings is 1. The summed E-state index contributed by atoms with van der Waals surface area (Å²) < 4.78 is 14.4. The van der Waals surface area contributed by atoms with Crippen LogP contribution in [0.25, 0.3) is 0 Å². The molecule has 2 atom stereocenters. The van der Waals surface area contributed by atoms with Crippen LogP contribution in [0, 0.1) is 11.7 Å². The fourth-order valence-corrected chi connectivity index (χ4v) is 4.14. The Bertz CT molecular complexity index is 458. The third-order valence-corrected chi connectivity index (χ3v) is 5.01. The minimum atomic E-state index is -0.0674. The van der Waals surface area contributed by atoms with Crippen molar-refractivity contribution < 1.29 is 4.39 Å². The van der Waals surface area contributed by atoms with Crippen LogP contribution in [0.4, 0.5) is 10.1 Å². The molecule has 1 aliphatic heterocycles. The number of fused-ring (bicyclic) bond motifs is 1. The number of nitrogens with two attached hydrogens (primary N) is 1. The molecule has 0 unspecified atom stereocenters. The van der Waals surface area contributed by atoms with Gasteiger partial charge in [0.15, 0.2) is 0 Å². The van der Waals surface area contributed by atoms with Gasteiger partial charge in [0.25, 0.3) is 0 Å². The van der Waals surface area contributed by atoms with E-state index in [1.807, 2.05) is 12.1 Å². The number of hydrogen-bond donors (Lipinski definition) is 1. The highest BCUT2D eigenvalue weighted by molar-refractivity contribution is 5.56. The van der Waals surface area contributed by atoms with E-state index in [4.69, 9.17) is 5.73 Å². The van der Waals surface area contributed by atoms with Crippen molar-refractivity contribution >= 4 is 5.69 Å². The Morgan fingerprint density at radius 2 is 1.95 bits per heavy atom. The molecule has 1 saturated carbocycles. The molecule has 1 aromatic carbocycles. The number of para-hydroxylation sites is 1. The van der Waals surface area contributed by atoms with E-state index in [2.05, 4.69) is 4.90 Å². The van der Waals surface area contributed by atoms with Crippen molar-refractivity contribution in [1.29, 1.82) is 0 Å². The van der Waals surface area contributed by atoms with Crippen LogP contribution in [-0.4, -0.2) is 19.1 Å². The summed E-state index contributed by atoms with van der Waals surface area (Å²) in [5, 5.41) is 0. The van der Waals surface area contributed by atoms with E-state index in [0.717, 1.165) is 30.1 Å². The molecule has 2 fully saturated rings. The molecule has 2 N–H and O–H groups in total. The molecule has 3 rings (SSSR count). The van der Waals surface area contributed by atoms with E-state index in [1.54, 1.807) is 6.07 Å². The molecule has 0 bridgehead atoms. The number of benzene rings is 1. The first-order valence-electron chi connectivity index (χ1n) is 8.05. The molecule has 0 amide bonds. The first kappa shape index (κ1) is 13.9. The van der Waals surface area contributed by atoms with Crippen molar-refractivity contribution in [3.8, 4) is 0 Å². The van der Waals surface area contributed by atoms with Crippen LogP contribution in [0.3, 0.4) is 0 Å². The van der Waals surface area contributed by atoms with Crippen LogP contribution >= 0.6 is 0 Å². The first-order chi connectivity index (χ1) is 9.81. The monoisotopic (exact) mass is 276 g/mol. The largest absolute Gasteiger partial charge is 0.366 e. The van der Waals surface area contributed by atoms with E-state index in [1.165, 1.54) is 38.5 Å². The first-order valence-corrected chi connectivity index (χ1v) is 8.05. The van der Waals surface area contributed by atoms with Crippen LogP contribution in [0.5, 0.6) is 0 Å². The summed E-state index contributed by atoms with van der Waals surface area (Å²) in [5.41, 5.74) is 7.62. The lowest BCUT2D eigenvalue weighted by Crippen LogP contribution is -2.47. The van der Waals surface area contributed by atoms with Gasteiger partial charge in [0, 0.05) is 12.6 Å². The van der Waals surface area contributed by atoms with E-state index in [9.17, 15) is 4.39 Å². The third kappa shape index (κ3) is 2.56. The predicted octanol–water partition coefficient (Wildman–Crippen LogP) is 3.49. The molecule has 20 heavy (non-hydrogen) atoms. The molecule has 2 aliphatic rings. The second-order valence-corrected chi connectivity index (χ2v) is 6.23. The van der Waals surface area contributed by atoms with Gasteiger partial charge < -0.3 is 10.6 Å². The van der Waals surface area contributed by atoms with Crippen LogP contribution < -0.4 is 10.6 Å². The molecule has 1 aromatic rings. The fraction of sp³-hybridized carbons (Fsp3) is 0.647. The standard InChI is InChI=1S/C17H25FN2/c18-15-8-3-6-14(10-11-19)17(15)20-12-4-7-13-5-1-2-9-16(13)20/h3,6,8,13,16H,1-2,4-5,7,9-12,19H2/t13-,16-/m1/s1. The summed E-state index contributed by atoms with van der Waals surface area (Å²) in [6.07, 6.45) is 8.46. The summed E-state index contributed by atoms with van der Waals surface area (Å²) >= 11 is 0. The Hall–Kier alpha value is -1.09. The molecule has 0 radical (unpaired) electrons. The Morgan fingerprint density at radius 3 is 2.80 bits per heavy atom. The van der Waals surface area contributed by atoms with E-state index in [0.29, 0.717) is 12.6 Å². The summed E-state index contributed by atoms with van der Waals surface area (Å²) in [7, 11) is 0. The maximum Gasteiger partial charge on any atom is 0.146 e. The van der Waals surface area contributed by atoms with Crippen LogP contribution in [-0.2, 0) is 6.42 Å². The molecular weight excluding hydrogens is 251 g/mol. The van der Waals surface area contributed by atoms with Crippen molar-refractivity contribution in [2.24, 2.45) is 11.7 Å². The average Bonchev–Trinajstić information content (AvgIpc) is 2.48. The average molecular weight is 276 g/mol. The molecule has 1 saturated heterocycles. The number of rotatable bonds is 3. The Labute approximate surface area is 121 Å². The molecule has 1 heterocycles. The molecule has 0 spiro atoms. The van der Waals surface area contributed by atoms with Gasteiger partial charge in [-0.3, -0.25) is 0 Å². The lowest BCUT2D eigenvalue weighted by molar-refractivity contribution is 0.242. The number of halogens is 1. The van der Waals surface area contributed by atoms with Crippen LogP contribution in [0.2, 0.25) is 0 Å². The molecule has 2 nitrogen and oxygen atoms in total. The Balaban J connectivity index is 1.94. The SMILES string of the molecule is NCCc1cccc(F)c1N1CCC[C@H]2CCCC[C@H]21. The summed E-state index contributed by atoms with van der Waals surface area (Å²) in [6.45, 7) is 1.58. The number of hydrogen-bond acceptors (Lipinski definition) is 2. The van der Waals surface area contributed by atoms with Gasteiger partial charge in [-0.05, 0) is 56.2 Å². The molecular formula is C17H25FN2. The van der Waals surface area contributed by atoms with E-state index in [-0.39, 0.29) is 5.82 Å². The summed E-state index contributed by atoms with van der Waals surface area (Å²) in [4.78, 5) is 2.37. The van der Waals surface area contributed by atoms with Gasteiger partial charge in [0.2, 0.25) is 0 Å². The Morgan fingerprint density at radius 1 is 1.15 bits per heavy atom.